The highest BCUT2D eigenvalue weighted by Crippen LogP contribution is 2.26. The van der Waals surface area contributed by atoms with Gasteiger partial charge in [0.05, 0.1) is 5.02 Å². The molecule has 1 unspecified atom stereocenters. The predicted octanol–water partition coefficient (Wildman–Crippen LogP) is 3.50. The third kappa shape index (κ3) is 3.35. The minimum atomic E-state index is -0.699. The first-order chi connectivity index (χ1) is 11.9. The Hall–Kier alpha value is -2.47. The van der Waals surface area contributed by atoms with Crippen molar-refractivity contribution in [3.8, 4) is 0 Å². The van der Waals surface area contributed by atoms with Crippen LogP contribution >= 0.6 is 11.6 Å². The topological polar surface area (TPSA) is 40.6 Å². The molecular weight excluding hydrogens is 350 g/mol. The number of amides is 2. The fraction of sp³-hybridized carbons (Fsp3) is 0.222. The number of anilines is 1. The Bertz CT molecular complexity index is 826. The Morgan fingerprint density at radius 2 is 1.80 bits per heavy atom. The van der Waals surface area contributed by atoms with Crippen LogP contribution in [-0.2, 0) is 4.79 Å². The van der Waals surface area contributed by atoms with Crippen LogP contribution in [-0.4, -0.2) is 35.8 Å². The predicted molar refractivity (Wildman–Crippen MR) is 90.7 cm³/mol. The molecule has 1 aliphatic heterocycles. The van der Waals surface area contributed by atoms with Gasteiger partial charge in [0.15, 0.2) is 0 Å². The van der Waals surface area contributed by atoms with E-state index in [1.54, 1.807) is 6.92 Å². The molecule has 4 nitrogen and oxygen atoms in total. The third-order valence-electron chi connectivity index (χ3n) is 4.22. The van der Waals surface area contributed by atoms with Crippen LogP contribution in [0.15, 0.2) is 42.5 Å². The quantitative estimate of drug-likeness (QED) is 0.818. The zero-order valence-electron chi connectivity index (χ0n) is 13.4. The second-order valence-electron chi connectivity index (χ2n) is 5.77. The van der Waals surface area contributed by atoms with Gasteiger partial charge >= 0.3 is 0 Å². The van der Waals surface area contributed by atoms with E-state index in [0.29, 0.717) is 17.8 Å². The molecule has 7 heteroatoms. The summed E-state index contributed by atoms with van der Waals surface area (Å²) in [5, 5.41) is -0.0669. The van der Waals surface area contributed by atoms with Gasteiger partial charge in [0, 0.05) is 24.3 Å². The second kappa shape index (κ2) is 6.80. The number of halogens is 3. The monoisotopic (exact) mass is 364 g/mol. The van der Waals surface area contributed by atoms with Gasteiger partial charge in [0.2, 0.25) is 5.91 Å². The average molecular weight is 365 g/mol. The number of carbonyl (C=O) groups excluding carboxylic acids is 2. The van der Waals surface area contributed by atoms with Gasteiger partial charge in [-0.2, -0.15) is 0 Å². The Morgan fingerprint density at radius 3 is 2.44 bits per heavy atom. The molecule has 0 bridgehead atoms. The molecule has 2 amide bonds. The van der Waals surface area contributed by atoms with E-state index in [-0.39, 0.29) is 23.4 Å². The van der Waals surface area contributed by atoms with Gasteiger partial charge in [0.1, 0.15) is 17.7 Å². The third-order valence-corrected chi connectivity index (χ3v) is 4.51. The van der Waals surface area contributed by atoms with Gasteiger partial charge in [-0.3, -0.25) is 9.59 Å². The van der Waals surface area contributed by atoms with Crippen molar-refractivity contribution in [2.75, 3.05) is 18.0 Å². The summed E-state index contributed by atoms with van der Waals surface area (Å²) in [6.45, 7) is 2.19. The summed E-state index contributed by atoms with van der Waals surface area (Å²) in [5.74, 6) is -1.61. The van der Waals surface area contributed by atoms with Crippen molar-refractivity contribution < 1.29 is 18.4 Å². The van der Waals surface area contributed by atoms with Gasteiger partial charge in [-0.1, -0.05) is 11.6 Å². The largest absolute Gasteiger partial charge is 0.325 e. The van der Waals surface area contributed by atoms with Crippen LogP contribution in [0.1, 0.15) is 17.3 Å². The van der Waals surface area contributed by atoms with Crippen LogP contribution in [0.4, 0.5) is 14.5 Å². The van der Waals surface area contributed by atoms with E-state index in [4.69, 9.17) is 11.6 Å². The van der Waals surface area contributed by atoms with Crippen molar-refractivity contribution in [3.63, 3.8) is 0 Å². The molecule has 1 aliphatic rings. The molecule has 1 fully saturated rings. The molecule has 1 atom stereocenters. The molecule has 1 heterocycles. The zero-order valence-corrected chi connectivity index (χ0v) is 14.1. The van der Waals surface area contributed by atoms with Crippen molar-refractivity contribution in [1.29, 1.82) is 0 Å². The van der Waals surface area contributed by atoms with Crippen LogP contribution in [0.5, 0.6) is 0 Å². The fourth-order valence-corrected chi connectivity index (χ4v) is 2.99. The van der Waals surface area contributed by atoms with Gasteiger partial charge in [0.25, 0.3) is 5.91 Å². The zero-order chi connectivity index (χ0) is 18.1. The first-order valence-electron chi connectivity index (χ1n) is 7.71. The molecule has 0 aromatic heterocycles. The summed E-state index contributed by atoms with van der Waals surface area (Å²) in [6, 6.07) is 8.55. The summed E-state index contributed by atoms with van der Waals surface area (Å²) in [4.78, 5) is 28.1. The molecule has 2 aromatic carbocycles. The van der Waals surface area contributed by atoms with E-state index >= 15 is 0 Å². The summed E-state index contributed by atoms with van der Waals surface area (Å²) in [6.07, 6.45) is 0. The van der Waals surface area contributed by atoms with Gasteiger partial charge < -0.3 is 9.80 Å². The molecule has 3 rings (SSSR count). The Balaban J connectivity index is 1.80. The molecule has 0 spiro atoms. The highest BCUT2D eigenvalue weighted by Gasteiger charge is 2.35. The number of benzene rings is 2. The summed E-state index contributed by atoms with van der Waals surface area (Å²) in [7, 11) is 0. The summed E-state index contributed by atoms with van der Waals surface area (Å²) in [5.41, 5.74) is 0.802. The van der Waals surface area contributed by atoms with Crippen LogP contribution in [0.25, 0.3) is 0 Å². The van der Waals surface area contributed by atoms with Crippen molar-refractivity contribution in [1.82, 2.24) is 4.90 Å². The molecule has 0 aliphatic carbocycles. The maximum atomic E-state index is 13.3. The van der Waals surface area contributed by atoms with Crippen molar-refractivity contribution in [2.45, 2.75) is 13.0 Å². The first-order valence-corrected chi connectivity index (χ1v) is 8.09. The maximum Gasteiger partial charge on any atom is 0.254 e. The standard InChI is InChI=1S/C18H15ClF2N2O2/c1-11-17(24)23(14-6-7-16(21)15(19)10-14)9-8-22(11)18(25)12-2-4-13(20)5-3-12/h2-7,10-11H,8-9H2,1H3. The highest BCUT2D eigenvalue weighted by atomic mass is 35.5. The number of hydrogen-bond acceptors (Lipinski definition) is 2. The number of rotatable bonds is 2. The number of piperazine rings is 1. The van der Waals surface area contributed by atoms with Crippen molar-refractivity contribution >= 4 is 29.1 Å². The minimum absolute atomic E-state index is 0.0669. The van der Waals surface area contributed by atoms with E-state index in [9.17, 15) is 18.4 Å². The summed E-state index contributed by atoms with van der Waals surface area (Å²) >= 11 is 5.78. The molecule has 25 heavy (non-hydrogen) atoms. The first kappa shape index (κ1) is 17.4. The van der Waals surface area contributed by atoms with E-state index in [1.807, 2.05) is 0 Å². The van der Waals surface area contributed by atoms with E-state index < -0.39 is 17.7 Å². The number of carbonyl (C=O) groups is 2. The average Bonchev–Trinajstić information content (AvgIpc) is 2.60. The lowest BCUT2D eigenvalue weighted by Crippen LogP contribution is -2.57. The van der Waals surface area contributed by atoms with Crippen molar-refractivity contribution in [2.24, 2.45) is 0 Å². The lowest BCUT2D eigenvalue weighted by atomic mass is 10.1. The maximum absolute atomic E-state index is 13.3. The molecule has 2 aromatic rings. The van der Waals surface area contributed by atoms with E-state index in [0.717, 1.165) is 0 Å². The molecule has 1 saturated heterocycles. The molecule has 0 saturated carbocycles. The Kier molecular flexibility index (Phi) is 4.72. The summed E-state index contributed by atoms with van der Waals surface area (Å²) < 4.78 is 26.3. The molecule has 130 valence electrons. The second-order valence-corrected chi connectivity index (χ2v) is 6.18. The van der Waals surface area contributed by atoms with Crippen LogP contribution in [0.2, 0.25) is 5.02 Å². The Labute approximate surface area is 148 Å². The fourth-order valence-electron chi connectivity index (χ4n) is 2.82. The number of hydrogen-bond donors (Lipinski definition) is 0. The van der Waals surface area contributed by atoms with Crippen LogP contribution in [0.3, 0.4) is 0 Å². The van der Waals surface area contributed by atoms with Crippen LogP contribution < -0.4 is 4.90 Å². The molecule has 0 N–H and O–H groups in total. The highest BCUT2D eigenvalue weighted by molar-refractivity contribution is 6.31. The minimum Gasteiger partial charge on any atom is -0.325 e. The van der Waals surface area contributed by atoms with Crippen molar-refractivity contribution in [3.05, 3.63) is 64.7 Å². The van der Waals surface area contributed by atoms with Gasteiger partial charge in [-0.05, 0) is 49.4 Å². The molecule has 0 radical (unpaired) electrons. The van der Waals surface area contributed by atoms with E-state index in [2.05, 4.69) is 0 Å². The van der Waals surface area contributed by atoms with Gasteiger partial charge in [-0.15, -0.1) is 0 Å². The molecular formula is C18H15ClF2N2O2. The lowest BCUT2D eigenvalue weighted by Gasteiger charge is -2.39. The normalized spacial score (nSPS) is 17.8. The van der Waals surface area contributed by atoms with Crippen LogP contribution in [0, 0.1) is 11.6 Å². The lowest BCUT2D eigenvalue weighted by molar-refractivity contribution is -0.124. The Morgan fingerprint density at radius 1 is 1.12 bits per heavy atom. The SMILES string of the molecule is CC1C(=O)N(c2ccc(F)c(Cl)c2)CCN1C(=O)c1ccc(F)cc1. The van der Waals surface area contributed by atoms with Gasteiger partial charge in [-0.25, -0.2) is 8.78 Å². The smallest absolute Gasteiger partial charge is 0.254 e. The number of nitrogens with zero attached hydrogens (tertiary/aromatic N) is 2. The van der Waals surface area contributed by atoms with E-state index in [1.165, 1.54) is 52.3 Å².